The van der Waals surface area contributed by atoms with Gasteiger partial charge in [0, 0.05) is 18.7 Å². The molecule has 0 spiro atoms. The van der Waals surface area contributed by atoms with Gasteiger partial charge in [-0.1, -0.05) is 23.2 Å². The number of carboxylic acids is 1. The number of nitrogens with zero attached hydrogens (tertiary/aromatic N) is 2. The molecular formula is C17H18Cl2N2O6. The van der Waals surface area contributed by atoms with Crippen LogP contribution in [0.2, 0.25) is 10.0 Å². The lowest BCUT2D eigenvalue weighted by Crippen LogP contribution is -2.23. The first-order chi connectivity index (χ1) is 12.6. The SMILES string of the molecule is CCOC(=O)c1nn(C)c(Oc2cc(O[C@@H](C)C(=O)O)c(Cl)cc2Cl)c1C. The van der Waals surface area contributed by atoms with E-state index in [0.717, 1.165) is 0 Å². The summed E-state index contributed by atoms with van der Waals surface area (Å²) in [5.74, 6) is -1.20. The number of carboxylic acid groups (broad SMARTS) is 1. The normalized spacial score (nSPS) is 11.8. The highest BCUT2D eigenvalue weighted by Gasteiger charge is 2.23. The number of carbonyl (C=O) groups is 2. The first-order valence-electron chi connectivity index (χ1n) is 7.92. The first-order valence-corrected chi connectivity index (χ1v) is 8.68. The van der Waals surface area contributed by atoms with E-state index in [1.807, 2.05) is 0 Å². The summed E-state index contributed by atoms with van der Waals surface area (Å²) in [7, 11) is 1.60. The maximum Gasteiger partial charge on any atom is 0.359 e. The van der Waals surface area contributed by atoms with Crippen LogP contribution in [0.25, 0.3) is 0 Å². The molecule has 0 bridgehead atoms. The molecule has 2 rings (SSSR count). The van der Waals surface area contributed by atoms with E-state index in [4.69, 9.17) is 42.5 Å². The van der Waals surface area contributed by atoms with Crippen molar-refractivity contribution in [1.29, 1.82) is 0 Å². The highest BCUT2D eigenvalue weighted by Crippen LogP contribution is 2.39. The Balaban J connectivity index is 2.37. The van der Waals surface area contributed by atoms with E-state index in [1.54, 1.807) is 20.9 Å². The van der Waals surface area contributed by atoms with Gasteiger partial charge in [0.1, 0.15) is 5.75 Å². The van der Waals surface area contributed by atoms with Crippen LogP contribution in [0, 0.1) is 6.92 Å². The predicted molar refractivity (Wildman–Crippen MR) is 98.2 cm³/mol. The molecule has 1 heterocycles. The van der Waals surface area contributed by atoms with Crippen molar-refractivity contribution in [3.8, 4) is 17.4 Å². The van der Waals surface area contributed by atoms with E-state index in [0.29, 0.717) is 5.56 Å². The molecule has 146 valence electrons. The average molecular weight is 417 g/mol. The van der Waals surface area contributed by atoms with Crippen LogP contribution in [0.15, 0.2) is 12.1 Å². The molecule has 0 saturated heterocycles. The molecule has 0 unspecified atom stereocenters. The molecule has 0 aliphatic heterocycles. The minimum absolute atomic E-state index is 0.0939. The fraction of sp³-hybridized carbons (Fsp3) is 0.353. The maximum atomic E-state index is 12.0. The second kappa shape index (κ2) is 8.49. The molecule has 0 fully saturated rings. The summed E-state index contributed by atoms with van der Waals surface area (Å²) in [5.41, 5.74) is 0.582. The molecule has 0 amide bonds. The summed E-state index contributed by atoms with van der Waals surface area (Å²) in [4.78, 5) is 22.9. The number of rotatable bonds is 7. The van der Waals surface area contributed by atoms with Crippen LogP contribution in [-0.2, 0) is 16.6 Å². The highest BCUT2D eigenvalue weighted by molar-refractivity contribution is 6.36. The monoisotopic (exact) mass is 416 g/mol. The summed E-state index contributed by atoms with van der Waals surface area (Å²) in [6, 6.07) is 2.75. The van der Waals surface area contributed by atoms with Crippen LogP contribution in [0.3, 0.4) is 0 Å². The van der Waals surface area contributed by atoms with Crippen molar-refractivity contribution < 1.29 is 28.9 Å². The summed E-state index contributed by atoms with van der Waals surface area (Å²) in [5, 5.41) is 13.4. The van der Waals surface area contributed by atoms with Gasteiger partial charge in [-0.25, -0.2) is 14.3 Å². The number of hydrogen-bond acceptors (Lipinski definition) is 6. The van der Waals surface area contributed by atoms with E-state index < -0.39 is 18.0 Å². The van der Waals surface area contributed by atoms with Crippen LogP contribution in [0.4, 0.5) is 0 Å². The fourth-order valence-corrected chi connectivity index (χ4v) is 2.64. The molecule has 27 heavy (non-hydrogen) atoms. The Hall–Kier alpha value is -2.45. The zero-order valence-electron chi connectivity index (χ0n) is 15.1. The molecule has 1 aromatic heterocycles. The molecule has 2 aromatic rings. The summed E-state index contributed by atoms with van der Waals surface area (Å²) >= 11 is 12.2. The van der Waals surface area contributed by atoms with Gasteiger partial charge in [0.25, 0.3) is 0 Å². The minimum atomic E-state index is -1.15. The van der Waals surface area contributed by atoms with Gasteiger partial charge in [-0.2, -0.15) is 5.10 Å². The molecule has 10 heteroatoms. The highest BCUT2D eigenvalue weighted by atomic mass is 35.5. The lowest BCUT2D eigenvalue weighted by atomic mass is 10.2. The summed E-state index contributed by atoms with van der Waals surface area (Å²) < 4.78 is 17.4. The predicted octanol–water partition coefficient (Wildman–Crippen LogP) is 3.86. The molecule has 0 radical (unpaired) electrons. The molecule has 8 nitrogen and oxygen atoms in total. The van der Waals surface area contributed by atoms with Gasteiger partial charge in [0.2, 0.25) is 5.88 Å². The fourth-order valence-electron chi connectivity index (χ4n) is 2.17. The Bertz CT molecular complexity index is 881. The van der Waals surface area contributed by atoms with Crippen molar-refractivity contribution in [3.05, 3.63) is 33.4 Å². The third-order valence-corrected chi connectivity index (χ3v) is 4.12. The van der Waals surface area contributed by atoms with Gasteiger partial charge in [-0.3, -0.25) is 0 Å². The van der Waals surface area contributed by atoms with Crippen LogP contribution in [-0.4, -0.2) is 39.5 Å². The van der Waals surface area contributed by atoms with Gasteiger partial charge >= 0.3 is 11.9 Å². The van der Waals surface area contributed by atoms with E-state index in [1.165, 1.54) is 23.7 Å². The number of aliphatic carboxylic acids is 1. The van der Waals surface area contributed by atoms with Gasteiger partial charge in [0.15, 0.2) is 17.5 Å². The van der Waals surface area contributed by atoms with Crippen LogP contribution < -0.4 is 9.47 Å². The van der Waals surface area contributed by atoms with Crippen molar-refractivity contribution in [1.82, 2.24) is 9.78 Å². The Kier molecular flexibility index (Phi) is 6.56. The third kappa shape index (κ3) is 4.64. The Morgan fingerprint density at radius 3 is 2.48 bits per heavy atom. The van der Waals surface area contributed by atoms with Crippen LogP contribution in [0.5, 0.6) is 17.4 Å². The lowest BCUT2D eigenvalue weighted by Gasteiger charge is -2.15. The molecule has 0 saturated carbocycles. The number of ether oxygens (including phenoxy) is 3. The second-order valence-electron chi connectivity index (χ2n) is 5.54. The summed E-state index contributed by atoms with van der Waals surface area (Å²) in [6.07, 6.45) is -1.12. The zero-order valence-corrected chi connectivity index (χ0v) is 16.6. The van der Waals surface area contributed by atoms with E-state index in [9.17, 15) is 9.59 Å². The van der Waals surface area contributed by atoms with Crippen molar-refractivity contribution >= 4 is 35.1 Å². The topological polar surface area (TPSA) is 99.9 Å². The molecule has 1 aromatic carbocycles. The van der Waals surface area contributed by atoms with E-state index in [-0.39, 0.29) is 39.7 Å². The third-order valence-electron chi connectivity index (χ3n) is 3.53. The Labute approximate surface area is 165 Å². The number of hydrogen-bond donors (Lipinski definition) is 1. The number of aromatic nitrogens is 2. The van der Waals surface area contributed by atoms with Gasteiger partial charge in [0.05, 0.1) is 16.7 Å². The van der Waals surface area contributed by atoms with Crippen molar-refractivity contribution in [3.63, 3.8) is 0 Å². The largest absolute Gasteiger partial charge is 0.479 e. The number of carbonyl (C=O) groups excluding carboxylic acids is 1. The van der Waals surface area contributed by atoms with Crippen molar-refractivity contribution in [2.75, 3.05) is 6.61 Å². The molecular weight excluding hydrogens is 399 g/mol. The second-order valence-corrected chi connectivity index (χ2v) is 6.35. The molecule has 0 aliphatic carbocycles. The Morgan fingerprint density at radius 1 is 1.26 bits per heavy atom. The smallest absolute Gasteiger partial charge is 0.359 e. The number of benzene rings is 1. The zero-order chi connectivity index (χ0) is 20.3. The van der Waals surface area contributed by atoms with Crippen LogP contribution in [0.1, 0.15) is 29.9 Å². The average Bonchev–Trinajstić information content (AvgIpc) is 2.87. The maximum absolute atomic E-state index is 12.0. The van der Waals surface area contributed by atoms with E-state index >= 15 is 0 Å². The number of halogens is 2. The van der Waals surface area contributed by atoms with Crippen LogP contribution >= 0.6 is 23.2 Å². The number of esters is 1. The van der Waals surface area contributed by atoms with Gasteiger partial charge < -0.3 is 19.3 Å². The van der Waals surface area contributed by atoms with Crippen molar-refractivity contribution in [2.24, 2.45) is 7.05 Å². The van der Waals surface area contributed by atoms with Crippen molar-refractivity contribution in [2.45, 2.75) is 26.9 Å². The molecule has 0 aliphatic rings. The molecule has 1 atom stereocenters. The van der Waals surface area contributed by atoms with E-state index in [2.05, 4.69) is 5.10 Å². The quantitative estimate of drug-likeness (QED) is 0.683. The standard InChI is InChI=1S/C17H18Cl2N2O6/c1-5-25-17(24)14-8(2)15(21(4)20-14)27-13-7-12(10(18)6-11(13)19)26-9(3)16(22)23/h6-7,9H,5H2,1-4H3,(H,22,23)/t9-/m0/s1. The number of aryl methyl sites for hydroxylation is 1. The van der Waals surface area contributed by atoms with Gasteiger partial charge in [-0.15, -0.1) is 0 Å². The Morgan fingerprint density at radius 2 is 1.89 bits per heavy atom. The lowest BCUT2D eigenvalue weighted by molar-refractivity contribution is -0.144. The summed E-state index contributed by atoms with van der Waals surface area (Å²) in [6.45, 7) is 4.93. The first kappa shape index (κ1) is 20.9. The van der Waals surface area contributed by atoms with Gasteiger partial charge in [-0.05, 0) is 26.8 Å². The minimum Gasteiger partial charge on any atom is -0.479 e. The molecule has 1 N–H and O–H groups in total.